The van der Waals surface area contributed by atoms with Gasteiger partial charge in [-0.15, -0.1) is 13.2 Å². The molecule has 0 saturated heterocycles. The molecule has 2 heterocycles. The van der Waals surface area contributed by atoms with Gasteiger partial charge in [0.1, 0.15) is 11.4 Å². The predicted molar refractivity (Wildman–Crippen MR) is 111 cm³/mol. The summed E-state index contributed by atoms with van der Waals surface area (Å²) in [6, 6.07) is 4.05. The molecule has 3 aliphatic rings. The van der Waals surface area contributed by atoms with Crippen LogP contribution in [0.1, 0.15) is 19.3 Å². The summed E-state index contributed by atoms with van der Waals surface area (Å²) in [7, 11) is -4.25. The summed E-state index contributed by atoms with van der Waals surface area (Å²) < 4.78 is 68.8. The number of nitrogens with one attached hydrogen (secondary N) is 2. The molecule has 0 aromatic heterocycles. The summed E-state index contributed by atoms with van der Waals surface area (Å²) in [6.07, 6.45) is 4.73. The van der Waals surface area contributed by atoms with Crippen LogP contribution >= 0.6 is 0 Å². The van der Waals surface area contributed by atoms with Gasteiger partial charge in [-0.1, -0.05) is 12.2 Å². The fraction of sp³-hybridized carbons (Fsp3) is 0.333. The van der Waals surface area contributed by atoms with Crippen molar-refractivity contribution in [2.24, 2.45) is 4.99 Å². The number of carbonyl (C=O) groups excluding carboxylic acids is 1. The summed E-state index contributed by atoms with van der Waals surface area (Å²) in [4.78, 5) is 14.7. The van der Waals surface area contributed by atoms with E-state index in [0.29, 0.717) is 5.57 Å². The van der Waals surface area contributed by atoms with Gasteiger partial charge in [-0.25, -0.2) is 8.42 Å². The van der Waals surface area contributed by atoms with Gasteiger partial charge in [0.15, 0.2) is 4.87 Å². The molecule has 0 unspecified atom stereocenters. The fourth-order valence-electron chi connectivity index (χ4n) is 3.50. The van der Waals surface area contributed by atoms with Crippen molar-refractivity contribution in [2.45, 2.75) is 41.4 Å². The number of hydrogen-bond acceptors (Lipinski definition) is 6. The van der Waals surface area contributed by atoms with Crippen LogP contribution in [0.2, 0.25) is 0 Å². The number of allylic oxidation sites excluding steroid dienone is 2. The second-order valence-corrected chi connectivity index (χ2v) is 9.67. The van der Waals surface area contributed by atoms with E-state index in [1.807, 2.05) is 0 Å². The molecule has 32 heavy (non-hydrogen) atoms. The van der Waals surface area contributed by atoms with Gasteiger partial charge in [-0.05, 0) is 54.8 Å². The molecule has 7 nitrogen and oxygen atoms in total. The number of alkyl halides is 3. The number of aliphatic imine (C=N–C) groups is 1. The van der Waals surface area contributed by atoms with E-state index in [0.717, 1.165) is 37.1 Å². The van der Waals surface area contributed by atoms with Crippen molar-refractivity contribution in [3.63, 3.8) is 0 Å². The molecule has 170 valence electrons. The van der Waals surface area contributed by atoms with Crippen LogP contribution in [0, 0.1) is 0 Å². The van der Waals surface area contributed by atoms with Gasteiger partial charge < -0.3 is 15.4 Å². The minimum Gasteiger partial charge on any atom is -0.406 e. The fourth-order valence-corrected chi connectivity index (χ4v) is 5.38. The van der Waals surface area contributed by atoms with Gasteiger partial charge in [-0.3, -0.25) is 9.79 Å². The van der Waals surface area contributed by atoms with E-state index in [-0.39, 0.29) is 29.6 Å². The van der Waals surface area contributed by atoms with Crippen LogP contribution in [0.5, 0.6) is 5.75 Å². The van der Waals surface area contributed by atoms with Crippen molar-refractivity contribution in [3.05, 3.63) is 59.8 Å². The molecule has 4 rings (SSSR count). The van der Waals surface area contributed by atoms with Crippen molar-refractivity contribution in [1.82, 2.24) is 10.6 Å². The van der Waals surface area contributed by atoms with Crippen molar-refractivity contribution < 1.29 is 31.1 Å². The standard InChI is InChI=1S/C21H20F3N3O4S/c22-21(23,24)31-16-5-7-17(8-6-16)32(29,30)20(14-9-12-25-13-10-14)11-1-2-18(27-20)19(28)26-15-3-4-15/h1-2,5-9,11,13,15,27H,3-4,10,12H2,(H,26,28)/t20-/m1/s1. The third kappa shape index (κ3) is 4.43. The van der Waals surface area contributed by atoms with Crippen molar-refractivity contribution >= 4 is 22.0 Å². The van der Waals surface area contributed by atoms with Crippen molar-refractivity contribution in [1.29, 1.82) is 0 Å². The Hall–Kier alpha value is -3.08. The normalized spacial score (nSPS) is 23.1. The molecule has 0 bridgehead atoms. The van der Waals surface area contributed by atoms with Gasteiger partial charge in [-0.2, -0.15) is 0 Å². The van der Waals surface area contributed by atoms with E-state index in [1.54, 1.807) is 12.3 Å². The zero-order chi connectivity index (χ0) is 23.0. The maximum atomic E-state index is 13.8. The summed E-state index contributed by atoms with van der Waals surface area (Å²) in [6.45, 7) is 0.272. The molecule has 1 aliphatic carbocycles. The molecule has 1 fully saturated rings. The number of nitrogens with zero attached hydrogens (tertiary/aromatic N) is 1. The first kappa shape index (κ1) is 22.1. The van der Waals surface area contributed by atoms with Crippen LogP contribution in [-0.4, -0.2) is 44.4 Å². The maximum Gasteiger partial charge on any atom is 0.573 e. The van der Waals surface area contributed by atoms with Gasteiger partial charge in [0.25, 0.3) is 5.91 Å². The van der Waals surface area contributed by atoms with Gasteiger partial charge >= 0.3 is 6.36 Å². The Morgan fingerprint density at radius 2 is 1.94 bits per heavy atom. The number of dihydropyridines is 2. The lowest BCUT2D eigenvalue weighted by Crippen LogP contribution is -2.55. The second kappa shape index (κ2) is 8.12. The van der Waals surface area contributed by atoms with Gasteiger partial charge in [0.05, 0.1) is 11.4 Å². The Balaban J connectivity index is 1.70. The maximum absolute atomic E-state index is 13.8. The summed E-state index contributed by atoms with van der Waals surface area (Å²) in [5, 5.41) is 5.71. The Bertz CT molecular complexity index is 1130. The highest BCUT2D eigenvalue weighted by Gasteiger charge is 2.48. The molecule has 0 spiro atoms. The lowest BCUT2D eigenvalue weighted by Gasteiger charge is -2.37. The minimum atomic E-state index is -4.89. The van der Waals surface area contributed by atoms with E-state index in [4.69, 9.17) is 0 Å². The molecule has 2 aliphatic heterocycles. The van der Waals surface area contributed by atoms with E-state index < -0.39 is 32.7 Å². The molecule has 2 N–H and O–H groups in total. The Kier molecular flexibility index (Phi) is 5.61. The monoisotopic (exact) mass is 467 g/mol. The van der Waals surface area contributed by atoms with Crippen LogP contribution in [0.3, 0.4) is 0 Å². The van der Waals surface area contributed by atoms with E-state index in [2.05, 4.69) is 20.4 Å². The lowest BCUT2D eigenvalue weighted by molar-refractivity contribution is -0.274. The third-order valence-electron chi connectivity index (χ3n) is 5.22. The highest BCUT2D eigenvalue weighted by Crippen LogP contribution is 2.37. The van der Waals surface area contributed by atoms with E-state index in [1.165, 1.54) is 18.2 Å². The van der Waals surface area contributed by atoms with Crippen molar-refractivity contribution in [3.8, 4) is 5.75 Å². The summed E-state index contributed by atoms with van der Waals surface area (Å²) in [5.74, 6) is -0.957. The number of carbonyl (C=O) groups is 1. The first-order valence-electron chi connectivity index (χ1n) is 9.87. The number of sulfone groups is 1. The van der Waals surface area contributed by atoms with Crippen molar-refractivity contribution in [2.75, 3.05) is 6.54 Å². The predicted octanol–water partition coefficient (Wildman–Crippen LogP) is 2.78. The zero-order valence-electron chi connectivity index (χ0n) is 16.7. The molecule has 1 saturated carbocycles. The molecule has 1 atom stereocenters. The minimum absolute atomic E-state index is 0.0734. The average molecular weight is 467 g/mol. The number of benzene rings is 1. The van der Waals surface area contributed by atoms with Crippen LogP contribution in [0.25, 0.3) is 0 Å². The van der Waals surface area contributed by atoms with Crippen LogP contribution < -0.4 is 15.4 Å². The first-order chi connectivity index (χ1) is 15.1. The molecule has 0 radical (unpaired) electrons. The second-order valence-electron chi connectivity index (χ2n) is 7.55. The van der Waals surface area contributed by atoms with Crippen LogP contribution in [0.15, 0.2) is 69.7 Å². The molecule has 1 aromatic rings. The number of hydrogen-bond donors (Lipinski definition) is 2. The number of amides is 1. The third-order valence-corrected chi connectivity index (χ3v) is 7.46. The average Bonchev–Trinajstić information content (AvgIpc) is 3.57. The van der Waals surface area contributed by atoms with E-state index >= 15 is 0 Å². The molecule has 1 aromatic carbocycles. The topological polar surface area (TPSA) is 96.9 Å². The summed E-state index contributed by atoms with van der Waals surface area (Å²) >= 11 is 0. The molecular formula is C21H20F3N3O4S. The Morgan fingerprint density at radius 1 is 1.22 bits per heavy atom. The zero-order valence-corrected chi connectivity index (χ0v) is 17.5. The van der Waals surface area contributed by atoms with Crippen LogP contribution in [-0.2, 0) is 14.6 Å². The van der Waals surface area contributed by atoms with Gasteiger partial charge in [0.2, 0.25) is 9.84 Å². The number of rotatable bonds is 6. The Morgan fingerprint density at radius 3 is 2.53 bits per heavy atom. The lowest BCUT2D eigenvalue weighted by atomic mass is 9.98. The van der Waals surface area contributed by atoms with E-state index in [9.17, 15) is 26.4 Å². The number of ether oxygens (including phenoxy) is 1. The molecular weight excluding hydrogens is 447 g/mol. The van der Waals surface area contributed by atoms with Gasteiger partial charge in [0, 0.05) is 18.7 Å². The SMILES string of the molecule is O=C(NC1CC1)C1=CC=C[C@](C2=CCN=CC2)(S(=O)(=O)c2ccc(OC(F)(F)F)cc2)N1. The Labute approximate surface area is 182 Å². The highest BCUT2D eigenvalue weighted by atomic mass is 32.2. The smallest absolute Gasteiger partial charge is 0.406 e. The molecule has 11 heteroatoms. The molecule has 1 amide bonds. The first-order valence-corrected chi connectivity index (χ1v) is 11.4. The quantitative estimate of drug-likeness (QED) is 0.628. The van der Waals surface area contributed by atoms with Crippen LogP contribution in [0.4, 0.5) is 13.2 Å². The summed E-state index contributed by atoms with van der Waals surface area (Å²) in [5.41, 5.74) is 0.549. The number of halogens is 3. The highest BCUT2D eigenvalue weighted by molar-refractivity contribution is 7.93. The largest absolute Gasteiger partial charge is 0.573 e.